The topological polar surface area (TPSA) is 154 Å². The van der Waals surface area contributed by atoms with Gasteiger partial charge in [-0.25, -0.2) is 0 Å². The van der Waals surface area contributed by atoms with Gasteiger partial charge in [-0.3, -0.25) is 9.11 Å². The number of hydrogen-bond acceptors (Lipinski definition) is 7. The molecular formula is C20H14N2Na2O7S2. The fourth-order valence-electron chi connectivity index (χ4n) is 3.18. The Kier molecular flexibility index (Phi) is 8.85. The van der Waals surface area contributed by atoms with E-state index in [4.69, 9.17) is 0 Å². The minimum Gasteiger partial charge on any atom is -0.505 e. The number of rotatable bonds is 4. The van der Waals surface area contributed by atoms with Crippen LogP contribution in [0.1, 0.15) is 0 Å². The Hall–Kier alpha value is -1.38. The maximum absolute atomic E-state index is 11.9. The molecule has 2 radical (unpaired) electrons. The molecule has 160 valence electrons. The van der Waals surface area contributed by atoms with Crippen molar-refractivity contribution in [1.82, 2.24) is 0 Å². The van der Waals surface area contributed by atoms with Crippen LogP contribution in [0.4, 0.5) is 11.4 Å². The van der Waals surface area contributed by atoms with Crippen molar-refractivity contribution >= 4 is 112 Å². The normalized spacial score (nSPS) is 11.9. The van der Waals surface area contributed by atoms with Crippen LogP contribution in [-0.2, 0) is 20.2 Å². The minimum atomic E-state index is -4.87. The van der Waals surface area contributed by atoms with Gasteiger partial charge in [0.1, 0.15) is 10.6 Å². The molecule has 13 heteroatoms. The molecule has 0 aromatic heterocycles. The second kappa shape index (κ2) is 10.5. The Morgan fingerprint density at radius 3 is 2.00 bits per heavy atom. The van der Waals surface area contributed by atoms with Gasteiger partial charge in [0.25, 0.3) is 20.2 Å². The Morgan fingerprint density at radius 1 is 0.667 bits per heavy atom. The average molecular weight is 504 g/mol. The maximum atomic E-state index is 11.9. The fraction of sp³-hybridized carbons (Fsp3) is 0. The van der Waals surface area contributed by atoms with Gasteiger partial charge in [-0.15, -0.1) is 10.2 Å². The molecule has 0 aliphatic heterocycles. The van der Waals surface area contributed by atoms with E-state index in [0.29, 0.717) is 5.69 Å². The summed E-state index contributed by atoms with van der Waals surface area (Å²) in [4.78, 5) is -1.28. The van der Waals surface area contributed by atoms with Crippen LogP contribution in [-0.4, -0.2) is 90.2 Å². The number of benzene rings is 4. The molecule has 0 saturated heterocycles. The SMILES string of the molecule is O=S(=O)(O)c1ccc2c(O)c(N=Nc3cccc4ccccc34)c(S(=O)(=O)O)cc2c1.[Na].[Na]. The first-order valence-corrected chi connectivity index (χ1v) is 11.6. The molecule has 0 aliphatic carbocycles. The van der Waals surface area contributed by atoms with E-state index < -0.39 is 41.5 Å². The minimum absolute atomic E-state index is 0. The van der Waals surface area contributed by atoms with Gasteiger partial charge in [-0.05, 0) is 41.1 Å². The van der Waals surface area contributed by atoms with Crippen LogP contribution < -0.4 is 0 Å². The molecule has 0 unspecified atom stereocenters. The summed E-state index contributed by atoms with van der Waals surface area (Å²) < 4.78 is 65.4. The Morgan fingerprint density at radius 2 is 1.33 bits per heavy atom. The van der Waals surface area contributed by atoms with Gasteiger partial charge in [0.05, 0.1) is 10.6 Å². The van der Waals surface area contributed by atoms with Crippen LogP contribution in [0.2, 0.25) is 0 Å². The van der Waals surface area contributed by atoms with Crippen LogP contribution in [0.5, 0.6) is 5.75 Å². The second-order valence-corrected chi connectivity index (χ2v) is 9.41. The smallest absolute Gasteiger partial charge is 0.296 e. The average Bonchev–Trinajstić information content (AvgIpc) is 2.71. The molecule has 4 aromatic carbocycles. The summed E-state index contributed by atoms with van der Waals surface area (Å²) in [5.74, 6) is -0.629. The molecule has 0 atom stereocenters. The van der Waals surface area contributed by atoms with Gasteiger partial charge in [0.2, 0.25) is 0 Å². The molecule has 0 heterocycles. The third kappa shape index (κ3) is 5.82. The molecule has 0 bridgehead atoms. The molecule has 0 saturated carbocycles. The summed E-state index contributed by atoms with van der Waals surface area (Å²) in [6, 6.07) is 16.7. The van der Waals surface area contributed by atoms with E-state index in [9.17, 15) is 31.0 Å². The van der Waals surface area contributed by atoms with Crippen LogP contribution in [0.15, 0.2) is 86.7 Å². The summed E-state index contributed by atoms with van der Waals surface area (Å²) in [5, 5.41) is 20.2. The molecular weight excluding hydrogens is 490 g/mol. The largest absolute Gasteiger partial charge is 0.505 e. The molecule has 4 aromatic rings. The van der Waals surface area contributed by atoms with Crippen molar-refractivity contribution in [2.45, 2.75) is 9.79 Å². The Balaban J connectivity index is 0.00000193. The summed E-state index contributed by atoms with van der Waals surface area (Å²) >= 11 is 0. The Labute approximate surface area is 233 Å². The van der Waals surface area contributed by atoms with Crippen molar-refractivity contribution in [3.05, 3.63) is 66.7 Å². The monoisotopic (exact) mass is 504 g/mol. The van der Waals surface area contributed by atoms with Gasteiger partial charge < -0.3 is 5.11 Å². The standard InChI is InChI=1S/C20H14N2O7S2.2Na/c23-20-16-9-8-14(30(24,25)26)10-13(16)11-18(31(27,28)29)19(20)22-21-17-7-3-5-12-4-1-2-6-15(12)17;;/h1-11,23H,(H,24,25,26)(H,27,28,29);;. The van der Waals surface area contributed by atoms with E-state index in [1.807, 2.05) is 18.2 Å². The van der Waals surface area contributed by atoms with Gasteiger partial charge in [0, 0.05) is 69.9 Å². The summed E-state index contributed by atoms with van der Waals surface area (Å²) in [5.41, 5.74) is -0.108. The van der Waals surface area contributed by atoms with Gasteiger partial charge in [0.15, 0.2) is 5.75 Å². The third-order valence-electron chi connectivity index (χ3n) is 4.62. The fourth-order valence-corrected chi connectivity index (χ4v) is 4.36. The van der Waals surface area contributed by atoms with Crippen molar-refractivity contribution in [2.75, 3.05) is 0 Å². The number of phenolic OH excluding ortho intramolecular Hbond substituents is 1. The van der Waals surface area contributed by atoms with E-state index in [1.54, 1.807) is 24.3 Å². The van der Waals surface area contributed by atoms with Crippen molar-refractivity contribution in [1.29, 1.82) is 0 Å². The molecule has 9 nitrogen and oxygen atoms in total. The second-order valence-electron chi connectivity index (χ2n) is 6.60. The van der Waals surface area contributed by atoms with Gasteiger partial charge in [-0.2, -0.15) is 16.8 Å². The van der Waals surface area contributed by atoms with Crippen LogP contribution >= 0.6 is 0 Å². The van der Waals surface area contributed by atoms with Crippen molar-refractivity contribution < 1.29 is 31.0 Å². The molecule has 4 rings (SSSR count). The zero-order valence-corrected chi connectivity index (χ0v) is 23.2. The summed E-state index contributed by atoms with van der Waals surface area (Å²) in [6.07, 6.45) is 0. The summed E-state index contributed by atoms with van der Waals surface area (Å²) in [7, 11) is -9.44. The van der Waals surface area contributed by atoms with E-state index in [-0.39, 0.29) is 69.9 Å². The molecule has 0 fully saturated rings. The number of azo groups is 1. The van der Waals surface area contributed by atoms with Gasteiger partial charge in [-0.1, -0.05) is 36.4 Å². The summed E-state index contributed by atoms with van der Waals surface area (Å²) in [6.45, 7) is 0. The zero-order chi connectivity index (χ0) is 22.4. The van der Waals surface area contributed by atoms with Crippen molar-refractivity contribution in [2.24, 2.45) is 10.2 Å². The first kappa shape index (κ1) is 27.9. The molecule has 3 N–H and O–H groups in total. The van der Waals surface area contributed by atoms with E-state index in [1.165, 1.54) is 6.07 Å². The number of hydrogen-bond donors (Lipinski definition) is 3. The maximum Gasteiger partial charge on any atom is 0.296 e. The van der Waals surface area contributed by atoms with Gasteiger partial charge >= 0.3 is 0 Å². The molecule has 33 heavy (non-hydrogen) atoms. The predicted molar refractivity (Wildman–Crippen MR) is 125 cm³/mol. The quantitative estimate of drug-likeness (QED) is 0.217. The van der Waals surface area contributed by atoms with Crippen LogP contribution in [0, 0.1) is 0 Å². The first-order chi connectivity index (χ1) is 14.6. The molecule has 0 aliphatic rings. The Bertz CT molecular complexity index is 1600. The predicted octanol–water partition coefficient (Wildman–Crippen LogP) is 3.85. The molecule has 0 spiro atoms. The van der Waals surface area contributed by atoms with E-state index >= 15 is 0 Å². The first-order valence-electron chi connectivity index (χ1n) is 8.70. The number of fused-ring (bicyclic) bond motifs is 2. The van der Waals surface area contributed by atoms with Crippen molar-refractivity contribution in [3.63, 3.8) is 0 Å². The number of nitrogens with zero attached hydrogens (tertiary/aromatic N) is 2. The molecule has 0 amide bonds. The van der Waals surface area contributed by atoms with E-state index in [0.717, 1.165) is 29.0 Å². The van der Waals surface area contributed by atoms with Crippen molar-refractivity contribution in [3.8, 4) is 5.75 Å². The van der Waals surface area contributed by atoms with Crippen LogP contribution in [0.3, 0.4) is 0 Å². The third-order valence-corrected chi connectivity index (χ3v) is 6.34. The number of aromatic hydroxyl groups is 1. The van der Waals surface area contributed by atoms with Crippen LogP contribution in [0.25, 0.3) is 21.5 Å². The number of phenols is 1. The zero-order valence-electron chi connectivity index (χ0n) is 17.5. The van der Waals surface area contributed by atoms with E-state index in [2.05, 4.69) is 10.2 Å².